The summed E-state index contributed by atoms with van der Waals surface area (Å²) in [6.45, 7) is 10.8. The van der Waals surface area contributed by atoms with Crippen molar-refractivity contribution >= 4 is 11.7 Å². The Labute approximate surface area is 158 Å². The number of nitrogens with two attached hydrogens (primary N) is 1. The average Bonchev–Trinajstić information content (AvgIpc) is 3.07. The molecule has 1 aliphatic heterocycles. The number of nitrogens with zero attached hydrogens (tertiary/aromatic N) is 3. The second-order valence-electron chi connectivity index (χ2n) is 7.25. The van der Waals surface area contributed by atoms with Gasteiger partial charge in [-0.25, -0.2) is 9.38 Å². The molecule has 146 valence electrons. The van der Waals surface area contributed by atoms with Crippen LogP contribution in [0.5, 0.6) is 0 Å². The van der Waals surface area contributed by atoms with Crippen molar-refractivity contribution < 1.29 is 4.39 Å². The van der Waals surface area contributed by atoms with Crippen LogP contribution in [0.4, 0.5) is 4.39 Å². The number of halogens is 1. The van der Waals surface area contributed by atoms with Crippen LogP contribution in [-0.4, -0.2) is 43.3 Å². The standard InChI is InChI=1S/C21H35FN4/c1-6-7-8-20(12-17(3)11-19(13-22)14-23)21(24-5)25-18(4)26-10-9-16(2)15-26/h6-8,13,16-17H,9-12,14-15,23H2,1-5H3/b7-6+,19-13-,20-8+,24-21?,25-18?/t16?,17-/m1/s1. The molecule has 0 radical (unpaired) electrons. The van der Waals surface area contributed by atoms with E-state index in [9.17, 15) is 4.39 Å². The smallest absolute Gasteiger partial charge is 0.152 e. The minimum Gasteiger partial charge on any atom is -0.360 e. The Balaban J connectivity index is 2.95. The van der Waals surface area contributed by atoms with Gasteiger partial charge in [0.2, 0.25) is 0 Å². The Kier molecular flexibility index (Phi) is 10.1. The molecule has 0 amide bonds. The quantitative estimate of drug-likeness (QED) is 0.412. The zero-order chi connectivity index (χ0) is 19.5. The molecule has 1 aliphatic rings. The number of amidine groups is 2. The van der Waals surface area contributed by atoms with Gasteiger partial charge in [-0.2, -0.15) is 0 Å². The number of hydrogen-bond acceptors (Lipinski definition) is 2. The second-order valence-corrected chi connectivity index (χ2v) is 7.25. The van der Waals surface area contributed by atoms with Gasteiger partial charge < -0.3 is 10.6 Å². The van der Waals surface area contributed by atoms with Gasteiger partial charge in [-0.1, -0.05) is 32.1 Å². The molecule has 2 N–H and O–H groups in total. The summed E-state index contributed by atoms with van der Waals surface area (Å²) >= 11 is 0. The van der Waals surface area contributed by atoms with Crippen LogP contribution in [-0.2, 0) is 0 Å². The Bertz CT molecular complexity index is 587. The largest absolute Gasteiger partial charge is 0.360 e. The van der Waals surface area contributed by atoms with Crippen molar-refractivity contribution in [1.29, 1.82) is 0 Å². The number of likely N-dealkylation sites (tertiary alicyclic amines) is 1. The first-order chi connectivity index (χ1) is 12.4. The van der Waals surface area contributed by atoms with Gasteiger partial charge in [0.05, 0.1) is 6.33 Å². The monoisotopic (exact) mass is 362 g/mol. The van der Waals surface area contributed by atoms with Gasteiger partial charge in [0.1, 0.15) is 5.84 Å². The van der Waals surface area contributed by atoms with E-state index < -0.39 is 0 Å². The Morgan fingerprint density at radius 1 is 1.38 bits per heavy atom. The van der Waals surface area contributed by atoms with Crippen LogP contribution < -0.4 is 5.73 Å². The molecule has 0 saturated carbocycles. The molecular formula is C21H35FN4. The summed E-state index contributed by atoms with van der Waals surface area (Å²) in [5.41, 5.74) is 7.30. The predicted octanol–water partition coefficient (Wildman–Crippen LogP) is 4.51. The van der Waals surface area contributed by atoms with Crippen LogP contribution in [0.2, 0.25) is 0 Å². The van der Waals surface area contributed by atoms with Gasteiger partial charge in [-0.05, 0) is 56.1 Å². The van der Waals surface area contributed by atoms with Crippen LogP contribution in [0, 0.1) is 11.8 Å². The molecule has 0 spiro atoms. The highest BCUT2D eigenvalue weighted by molar-refractivity contribution is 6.05. The minimum absolute atomic E-state index is 0.258. The van der Waals surface area contributed by atoms with E-state index in [2.05, 4.69) is 36.7 Å². The number of rotatable bonds is 7. The van der Waals surface area contributed by atoms with Crippen LogP contribution in [0.1, 0.15) is 47.0 Å². The maximum Gasteiger partial charge on any atom is 0.152 e. The molecule has 26 heavy (non-hydrogen) atoms. The summed E-state index contributed by atoms with van der Waals surface area (Å²) in [6.07, 6.45) is 9.32. The van der Waals surface area contributed by atoms with E-state index in [0.29, 0.717) is 24.2 Å². The highest BCUT2D eigenvalue weighted by Gasteiger charge is 2.20. The number of aliphatic imine (C=N–C) groups is 2. The normalized spacial score (nSPS) is 21.8. The summed E-state index contributed by atoms with van der Waals surface area (Å²) in [5, 5.41) is 0. The van der Waals surface area contributed by atoms with Crippen molar-refractivity contribution in [3.8, 4) is 0 Å². The Hall–Kier alpha value is -1.75. The third kappa shape index (κ3) is 7.24. The molecule has 0 bridgehead atoms. The summed E-state index contributed by atoms with van der Waals surface area (Å²) < 4.78 is 12.8. The molecule has 1 heterocycles. The lowest BCUT2D eigenvalue weighted by atomic mass is 9.93. The lowest BCUT2D eigenvalue weighted by Crippen LogP contribution is -2.27. The summed E-state index contributed by atoms with van der Waals surface area (Å²) in [5.74, 6) is 2.74. The number of hydrogen-bond donors (Lipinski definition) is 1. The molecule has 1 unspecified atom stereocenters. The number of allylic oxidation sites excluding steroid dienone is 3. The fourth-order valence-electron chi connectivity index (χ4n) is 3.23. The molecule has 0 aromatic rings. The highest BCUT2D eigenvalue weighted by atomic mass is 19.1. The molecule has 0 aliphatic carbocycles. The fraction of sp³-hybridized carbons (Fsp3) is 0.619. The summed E-state index contributed by atoms with van der Waals surface area (Å²) in [4.78, 5) is 11.6. The molecule has 0 aromatic carbocycles. The molecule has 5 heteroatoms. The van der Waals surface area contributed by atoms with Gasteiger partial charge >= 0.3 is 0 Å². The van der Waals surface area contributed by atoms with Crippen molar-refractivity contribution in [3.63, 3.8) is 0 Å². The van der Waals surface area contributed by atoms with Crippen molar-refractivity contribution in [1.82, 2.24) is 4.90 Å². The van der Waals surface area contributed by atoms with Crippen LogP contribution in [0.15, 0.2) is 45.7 Å². The van der Waals surface area contributed by atoms with Crippen molar-refractivity contribution in [2.45, 2.75) is 47.0 Å². The van der Waals surface area contributed by atoms with E-state index in [1.807, 2.05) is 19.1 Å². The summed E-state index contributed by atoms with van der Waals surface area (Å²) in [6, 6.07) is 0. The maximum absolute atomic E-state index is 12.8. The highest BCUT2D eigenvalue weighted by Crippen LogP contribution is 2.22. The third-order valence-corrected chi connectivity index (χ3v) is 4.73. The first kappa shape index (κ1) is 22.3. The minimum atomic E-state index is 0.258. The lowest BCUT2D eigenvalue weighted by Gasteiger charge is -2.19. The van der Waals surface area contributed by atoms with Gasteiger partial charge in [0.25, 0.3) is 0 Å². The molecule has 1 saturated heterocycles. The average molecular weight is 363 g/mol. The first-order valence-corrected chi connectivity index (χ1v) is 9.52. The Morgan fingerprint density at radius 3 is 2.62 bits per heavy atom. The molecule has 1 rings (SSSR count). The fourth-order valence-corrected chi connectivity index (χ4v) is 3.23. The van der Waals surface area contributed by atoms with E-state index in [1.165, 1.54) is 6.42 Å². The third-order valence-electron chi connectivity index (χ3n) is 4.73. The maximum atomic E-state index is 12.8. The van der Waals surface area contributed by atoms with Gasteiger partial charge in [-0.3, -0.25) is 4.99 Å². The topological polar surface area (TPSA) is 54.0 Å². The van der Waals surface area contributed by atoms with E-state index in [1.54, 1.807) is 7.05 Å². The van der Waals surface area contributed by atoms with Crippen LogP contribution in [0.3, 0.4) is 0 Å². The molecule has 0 aromatic heterocycles. The second kappa shape index (κ2) is 11.8. The van der Waals surface area contributed by atoms with E-state index in [4.69, 9.17) is 10.7 Å². The van der Waals surface area contributed by atoms with Gasteiger partial charge in [0, 0.05) is 26.7 Å². The molecule has 1 fully saturated rings. The predicted molar refractivity (Wildman–Crippen MR) is 111 cm³/mol. The SMILES string of the molecule is C/C=C/C=C(\C[C@H](C)C/C(=C/F)CN)C(=NC)N=C(C)N1CCC(C)C1. The van der Waals surface area contributed by atoms with E-state index >= 15 is 0 Å². The molecule has 4 nitrogen and oxygen atoms in total. The zero-order valence-corrected chi connectivity index (χ0v) is 17.0. The Morgan fingerprint density at radius 2 is 2.12 bits per heavy atom. The first-order valence-electron chi connectivity index (χ1n) is 9.52. The van der Waals surface area contributed by atoms with Crippen molar-refractivity contribution in [2.24, 2.45) is 27.6 Å². The zero-order valence-electron chi connectivity index (χ0n) is 17.0. The van der Waals surface area contributed by atoms with Crippen molar-refractivity contribution in [3.05, 3.63) is 35.7 Å². The van der Waals surface area contributed by atoms with Gasteiger partial charge in [-0.15, -0.1) is 0 Å². The summed E-state index contributed by atoms with van der Waals surface area (Å²) in [7, 11) is 1.78. The van der Waals surface area contributed by atoms with Gasteiger partial charge in [0.15, 0.2) is 5.84 Å². The molecular weight excluding hydrogens is 327 g/mol. The van der Waals surface area contributed by atoms with Crippen molar-refractivity contribution in [2.75, 3.05) is 26.7 Å². The van der Waals surface area contributed by atoms with E-state index in [-0.39, 0.29) is 12.5 Å². The van der Waals surface area contributed by atoms with Crippen LogP contribution in [0.25, 0.3) is 0 Å². The molecule has 2 atom stereocenters. The van der Waals surface area contributed by atoms with E-state index in [0.717, 1.165) is 36.8 Å². The lowest BCUT2D eigenvalue weighted by molar-refractivity contribution is 0.492. The van der Waals surface area contributed by atoms with Crippen LogP contribution >= 0.6 is 0 Å².